The van der Waals surface area contributed by atoms with E-state index >= 15 is 0 Å². The van der Waals surface area contributed by atoms with Crippen molar-refractivity contribution in [2.75, 3.05) is 18.5 Å². The molecular weight excluding hydrogens is 270 g/mol. The fourth-order valence-electron chi connectivity index (χ4n) is 1.50. The maximum Gasteiger partial charge on any atom is 0.411 e. The second-order valence-corrected chi connectivity index (χ2v) is 4.32. The molecule has 1 amide bonds. The molecule has 0 aliphatic heterocycles. The van der Waals surface area contributed by atoms with Crippen molar-refractivity contribution in [3.63, 3.8) is 0 Å². The van der Waals surface area contributed by atoms with Crippen LogP contribution in [0, 0.1) is 0 Å². The van der Waals surface area contributed by atoms with Crippen LogP contribution in [0.15, 0.2) is 30.3 Å². The molecule has 0 spiro atoms. The number of rotatable bonds is 7. The van der Waals surface area contributed by atoms with Crippen molar-refractivity contribution >= 4 is 23.8 Å². The number of carbonyl (C=O) groups is 2. The van der Waals surface area contributed by atoms with E-state index in [9.17, 15) is 9.59 Å². The van der Waals surface area contributed by atoms with Gasteiger partial charge in [-0.1, -0.05) is 25.5 Å². The van der Waals surface area contributed by atoms with Gasteiger partial charge in [-0.2, -0.15) is 0 Å². The van der Waals surface area contributed by atoms with Gasteiger partial charge in [0.15, 0.2) is 0 Å². The molecule has 0 radical (unpaired) electrons. The number of carbonyl (C=O) groups excluding carboxylic acids is 2. The first-order valence-corrected chi connectivity index (χ1v) is 7.04. The third-order valence-electron chi connectivity index (χ3n) is 2.59. The normalized spacial score (nSPS) is 10.4. The average Bonchev–Trinajstić information content (AvgIpc) is 2.47. The summed E-state index contributed by atoms with van der Waals surface area (Å²) in [6.45, 7) is 4.56. The van der Waals surface area contributed by atoms with Gasteiger partial charge in [0.25, 0.3) is 0 Å². The van der Waals surface area contributed by atoms with Gasteiger partial charge in [-0.05, 0) is 37.1 Å². The van der Waals surface area contributed by atoms with E-state index in [4.69, 9.17) is 9.47 Å². The molecule has 0 fully saturated rings. The van der Waals surface area contributed by atoms with E-state index in [2.05, 4.69) is 5.32 Å². The van der Waals surface area contributed by atoms with Gasteiger partial charge < -0.3 is 9.47 Å². The van der Waals surface area contributed by atoms with E-state index in [1.54, 1.807) is 37.3 Å². The Labute approximate surface area is 124 Å². The van der Waals surface area contributed by atoms with Crippen LogP contribution in [0.2, 0.25) is 0 Å². The van der Waals surface area contributed by atoms with Crippen LogP contribution in [0.25, 0.3) is 6.08 Å². The van der Waals surface area contributed by atoms with E-state index in [0.29, 0.717) is 18.9 Å². The predicted molar refractivity (Wildman–Crippen MR) is 82.0 cm³/mol. The fourth-order valence-corrected chi connectivity index (χ4v) is 1.50. The molecule has 0 aliphatic carbocycles. The zero-order valence-corrected chi connectivity index (χ0v) is 12.4. The molecule has 21 heavy (non-hydrogen) atoms. The Morgan fingerprint density at radius 2 is 1.86 bits per heavy atom. The summed E-state index contributed by atoms with van der Waals surface area (Å²) in [6, 6.07) is 7.06. The first kappa shape index (κ1) is 16.8. The molecule has 0 atom stereocenters. The third kappa shape index (κ3) is 7.15. The highest BCUT2D eigenvalue weighted by Crippen LogP contribution is 2.11. The van der Waals surface area contributed by atoms with E-state index in [0.717, 1.165) is 18.4 Å². The first-order chi connectivity index (χ1) is 10.2. The first-order valence-electron chi connectivity index (χ1n) is 7.04. The smallest absolute Gasteiger partial charge is 0.411 e. The van der Waals surface area contributed by atoms with Gasteiger partial charge in [0.2, 0.25) is 0 Å². The van der Waals surface area contributed by atoms with Crippen LogP contribution in [-0.4, -0.2) is 25.3 Å². The summed E-state index contributed by atoms with van der Waals surface area (Å²) < 4.78 is 9.78. The van der Waals surface area contributed by atoms with Crippen LogP contribution in [-0.2, 0) is 14.3 Å². The Bertz CT molecular complexity index is 480. The van der Waals surface area contributed by atoms with Gasteiger partial charge in [0.1, 0.15) is 0 Å². The van der Waals surface area contributed by atoms with Crippen LogP contribution >= 0.6 is 0 Å². The molecule has 114 valence electrons. The maximum atomic E-state index is 11.5. The van der Waals surface area contributed by atoms with Crippen LogP contribution in [0.1, 0.15) is 32.3 Å². The molecule has 0 unspecified atom stereocenters. The third-order valence-corrected chi connectivity index (χ3v) is 2.59. The van der Waals surface area contributed by atoms with Crippen molar-refractivity contribution in [1.29, 1.82) is 0 Å². The second-order valence-electron chi connectivity index (χ2n) is 4.32. The molecule has 0 saturated heterocycles. The van der Waals surface area contributed by atoms with Gasteiger partial charge in [-0.25, -0.2) is 9.59 Å². The predicted octanol–water partition coefficient (Wildman–Crippen LogP) is 3.61. The summed E-state index contributed by atoms with van der Waals surface area (Å²) in [5, 5.41) is 2.64. The molecule has 1 N–H and O–H groups in total. The lowest BCUT2D eigenvalue weighted by Gasteiger charge is -2.06. The van der Waals surface area contributed by atoms with Crippen molar-refractivity contribution in [3.05, 3.63) is 35.9 Å². The maximum absolute atomic E-state index is 11.5. The SMILES string of the molecule is CCCCOC(=O)Nc1ccc(C=CC(=O)OCC)cc1. The zero-order valence-electron chi connectivity index (χ0n) is 12.4. The van der Waals surface area contributed by atoms with E-state index in [1.165, 1.54) is 6.08 Å². The van der Waals surface area contributed by atoms with Crippen LogP contribution < -0.4 is 5.32 Å². The van der Waals surface area contributed by atoms with Crippen LogP contribution in [0.3, 0.4) is 0 Å². The number of hydrogen-bond donors (Lipinski definition) is 1. The molecule has 0 aromatic heterocycles. The Balaban J connectivity index is 2.46. The van der Waals surface area contributed by atoms with Crippen molar-refractivity contribution in [2.45, 2.75) is 26.7 Å². The number of nitrogens with one attached hydrogen (secondary N) is 1. The van der Waals surface area contributed by atoms with Gasteiger partial charge in [0.05, 0.1) is 13.2 Å². The van der Waals surface area contributed by atoms with Crippen molar-refractivity contribution in [1.82, 2.24) is 0 Å². The molecule has 0 aliphatic rings. The van der Waals surface area contributed by atoms with Gasteiger partial charge >= 0.3 is 12.1 Å². The summed E-state index contributed by atoms with van der Waals surface area (Å²) in [5.41, 5.74) is 1.48. The standard InChI is InChI=1S/C16H21NO4/c1-3-5-12-21-16(19)17-14-9-6-13(7-10-14)8-11-15(18)20-4-2/h6-11H,3-5,12H2,1-2H3,(H,17,19). The molecule has 1 aromatic rings. The summed E-state index contributed by atoms with van der Waals surface area (Å²) in [7, 11) is 0. The number of unbranched alkanes of at least 4 members (excludes halogenated alkanes) is 1. The van der Waals surface area contributed by atoms with Crippen LogP contribution in [0.5, 0.6) is 0 Å². The Morgan fingerprint density at radius 3 is 2.48 bits per heavy atom. The monoisotopic (exact) mass is 291 g/mol. The van der Waals surface area contributed by atoms with Crippen molar-refractivity contribution < 1.29 is 19.1 Å². The lowest BCUT2D eigenvalue weighted by molar-refractivity contribution is -0.137. The van der Waals surface area contributed by atoms with Gasteiger partial charge in [-0.15, -0.1) is 0 Å². The number of ether oxygens (including phenoxy) is 2. The highest BCUT2D eigenvalue weighted by Gasteiger charge is 2.02. The Morgan fingerprint density at radius 1 is 1.14 bits per heavy atom. The van der Waals surface area contributed by atoms with E-state index < -0.39 is 6.09 Å². The molecule has 1 aromatic carbocycles. The number of anilines is 1. The highest BCUT2D eigenvalue weighted by atomic mass is 16.5. The minimum Gasteiger partial charge on any atom is -0.463 e. The molecule has 0 heterocycles. The van der Waals surface area contributed by atoms with Gasteiger partial charge in [0, 0.05) is 11.8 Å². The summed E-state index contributed by atoms with van der Waals surface area (Å²) in [4.78, 5) is 22.6. The number of hydrogen-bond acceptors (Lipinski definition) is 4. The van der Waals surface area contributed by atoms with E-state index in [-0.39, 0.29) is 5.97 Å². The minimum absolute atomic E-state index is 0.353. The van der Waals surface area contributed by atoms with Crippen molar-refractivity contribution in [2.24, 2.45) is 0 Å². The lowest BCUT2D eigenvalue weighted by Crippen LogP contribution is -2.14. The molecule has 5 nitrogen and oxygen atoms in total. The zero-order chi connectivity index (χ0) is 15.5. The fraction of sp³-hybridized carbons (Fsp3) is 0.375. The highest BCUT2D eigenvalue weighted by molar-refractivity contribution is 5.87. The Kier molecular flexibility index (Phi) is 7.64. The Hall–Kier alpha value is -2.30. The summed E-state index contributed by atoms with van der Waals surface area (Å²) in [5.74, 6) is -0.376. The number of benzene rings is 1. The number of amides is 1. The summed E-state index contributed by atoms with van der Waals surface area (Å²) in [6.07, 6.45) is 4.39. The molecule has 5 heteroatoms. The topological polar surface area (TPSA) is 64.6 Å². The quantitative estimate of drug-likeness (QED) is 0.473. The molecule has 0 bridgehead atoms. The lowest BCUT2D eigenvalue weighted by atomic mass is 10.2. The van der Waals surface area contributed by atoms with Crippen LogP contribution in [0.4, 0.5) is 10.5 Å². The van der Waals surface area contributed by atoms with Gasteiger partial charge in [-0.3, -0.25) is 5.32 Å². The molecular formula is C16H21NO4. The second kappa shape index (κ2) is 9.58. The largest absolute Gasteiger partial charge is 0.463 e. The van der Waals surface area contributed by atoms with Crippen molar-refractivity contribution in [3.8, 4) is 0 Å². The van der Waals surface area contributed by atoms with E-state index in [1.807, 2.05) is 6.92 Å². The number of esters is 1. The molecule has 1 rings (SSSR count). The summed E-state index contributed by atoms with van der Waals surface area (Å²) >= 11 is 0. The molecule has 0 saturated carbocycles. The minimum atomic E-state index is -0.460. The average molecular weight is 291 g/mol.